The first-order valence-electron chi connectivity index (χ1n) is 13.8. The molecule has 0 bridgehead atoms. The summed E-state index contributed by atoms with van der Waals surface area (Å²) in [7, 11) is 0. The van der Waals surface area contributed by atoms with Gasteiger partial charge in [-0.1, -0.05) is 30.3 Å². The van der Waals surface area contributed by atoms with E-state index in [0.717, 1.165) is 0 Å². The molecule has 10 atom stereocenters. The number of benzene rings is 2. The number of phenols is 1. The molecule has 232 valence electrons. The van der Waals surface area contributed by atoms with Crippen molar-refractivity contribution in [2.45, 2.75) is 68.1 Å². The van der Waals surface area contributed by atoms with E-state index in [1.807, 2.05) is 30.3 Å². The number of nitrogens with one attached hydrogen (secondary N) is 1. The number of hydrogen-bond donors (Lipinski definition) is 7. The van der Waals surface area contributed by atoms with Gasteiger partial charge in [0.25, 0.3) is 0 Å². The molecule has 1 aliphatic carbocycles. The van der Waals surface area contributed by atoms with Crippen LogP contribution in [0.1, 0.15) is 12.5 Å². The van der Waals surface area contributed by atoms with Gasteiger partial charge in [0.05, 0.1) is 6.04 Å². The first-order valence-corrected chi connectivity index (χ1v) is 13.8. The van der Waals surface area contributed by atoms with Gasteiger partial charge in [-0.2, -0.15) is 0 Å². The van der Waals surface area contributed by atoms with E-state index in [1.54, 1.807) is 18.2 Å². The van der Waals surface area contributed by atoms with Crippen LogP contribution in [0.2, 0.25) is 0 Å². The Balaban J connectivity index is 1.16. The van der Waals surface area contributed by atoms with Crippen molar-refractivity contribution >= 4 is 12.0 Å². The molecule has 1 saturated carbocycles. The third-order valence-electron chi connectivity index (χ3n) is 7.54. The molecule has 2 aromatic rings. The summed E-state index contributed by atoms with van der Waals surface area (Å²) in [4.78, 5) is 12.8. The summed E-state index contributed by atoms with van der Waals surface area (Å²) in [5, 5.41) is 65.2. The second kappa shape index (κ2) is 13.4. The number of aromatic hydroxyl groups is 1. The van der Waals surface area contributed by atoms with Crippen molar-refractivity contribution in [3.63, 3.8) is 0 Å². The maximum absolute atomic E-state index is 12.8. The van der Waals surface area contributed by atoms with Crippen LogP contribution in [0.25, 0.3) is 6.08 Å². The van der Waals surface area contributed by atoms with Crippen LogP contribution < -0.4 is 14.8 Å². The van der Waals surface area contributed by atoms with Crippen LogP contribution in [-0.4, -0.2) is 111 Å². The molecular formula is C30H35NO12. The number of para-hydroxylation sites is 1. The second-order valence-corrected chi connectivity index (χ2v) is 10.5. The van der Waals surface area contributed by atoms with Crippen LogP contribution in [0.5, 0.6) is 17.2 Å². The van der Waals surface area contributed by atoms with Gasteiger partial charge in [-0.25, -0.2) is 0 Å². The standard InChI is InChI=1S/C30H35NO12/c1-15(29(38)31-21-23(34)25(36)28-27(24(21)35)40-14-41-28)12-16-9-10-19(18(32)13-16)42-30-26(37)22(33)20(43-30)8-5-11-39-17-6-3-2-4-7-17/h2-10,12-13,20-28,30,32-37H,11,14H2,1H3,(H,31,38)/b8-5+,15-12+/t20-,21?,22-,23+,24-,25-,26+,27+,28-,30-/m1/s1. The van der Waals surface area contributed by atoms with Crippen LogP contribution in [-0.2, 0) is 19.0 Å². The second-order valence-electron chi connectivity index (χ2n) is 10.5. The number of carbonyl (C=O) groups excluding carboxylic acids is 1. The van der Waals surface area contributed by atoms with Crippen LogP contribution in [0.3, 0.4) is 0 Å². The average Bonchev–Trinajstić information content (AvgIpc) is 3.59. The fraction of sp³-hybridized carbons (Fsp3) is 0.433. The number of aliphatic hydroxyl groups is 5. The first kappa shape index (κ1) is 30.9. The third-order valence-corrected chi connectivity index (χ3v) is 7.54. The molecule has 1 amide bonds. The van der Waals surface area contributed by atoms with Crippen LogP contribution >= 0.6 is 0 Å². The minimum Gasteiger partial charge on any atom is -0.504 e. The number of fused-ring (bicyclic) bond motifs is 1. The third kappa shape index (κ3) is 6.84. The summed E-state index contributed by atoms with van der Waals surface area (Å²) in [5.41, 5.74) is 0.596. The van der Waals surface area contributed by atoms with E-state index < -0.39 is 67.1 Å². The Hall–Kier alpha value is -3.53. The Labute approximate surface area is 247 Å². The molecule has 13 heteroatoms. The molecule has 1 unspecified atom stereocenters. The molecule has 7 N–H and O–H groups in total. The van der Waals surface area contributed by atoms with E-state index in [0.29, 0.717) is 11.3 Å². The van der Waals surface area contributed by atoms with Gasteiger partial charge in [-0.05, 0) is 48.9 Å². The van der Waals surface area contributed by atoms with Crippen LogP contribution in [0.15, 0.2) is 66.3 Å². The number of phenolic OH excluding ortho intramolecular Hbond substituents is 1. The first-order chi connectivity index (χ1) is 20.6. The Morgan fingerprint density at radius 1 is 0.953 bits per heavy atom. The normalized spacial score (nSPS) is 34.2. The maximum Gasteiger partial charge on any atom is 0.247 e. The summed E-state index contributed by atoms with van der Waals surface area (Å²) >= 11 is 0. The molecule has 2 heterocycles. The zero-order valence-corrected chi connectivity index (χ0v) is 23.2. The zero-order chi connectivity index (χ0) is 30.7. The van der Waals surface area contributed by atoms with E-state index in [-0.39, 0.29) is 30.5 Å². The van der Waals surface area contributed by atoms with Gasteiger partial charge in [0.1, 0.15) is 68.0 Å². The van der Waals surface area contributed by atoms with Gasteiger partial charge in [-0.15, -0.1) is 0 Å². The van der Waals surface area contributed by atoms with E-state index in [1.165, 1.54) is 25.1 Å². The van der Waals surface area contributed by atoms with Crippen molar-refractivity contribution in [1.29, 1.82) is 0 Å². The van der Waals surface area contributed by atoms with Crippen molar-refractivity contribution in [3.05, 3.63) is 71.8 Å². The van der Waals surface area contributed by atoms with Gasteiger partial charge in [0.2, 0.25) is 12.2 Å². The highest BCUT2D eigenvalue weighted by Crippen LogP contribution is 2.33. The highest BCUT2D eigenvalue weighted by Gasteiger charge is 2.53. The highest BCUT2D eigenvalue weighted by molar-refractivity contribution is 5.97. The van der Waals surface area contributed by atoms with Crippen LogP contribution in [0, 0.1) is 0 Å². The molecule has 5 rings (SSSR count). The fourth-order valence-electron chi connectivity index (χ4n) is 5.16. The SMILES string of the molecule is C/C(=C\c1ccc(O[C@@H]2O[C@H](/C=C/COc3ccccc3)[C@@H](O)[C@@H]2O)c(O)c1)C(=O)NC1[C@@H](O)[C@@H]2OCO[C@@H]2[C@H](O)[C@H]1O. The van der Waals surface area contributed by atoms with Crippen molar-refractivity contribution in [3.8, 4) is 17.2 Å². The quantitative estimate of drug-likeness (QED) is 0.145. The van der Waals surface area contributed by atoms with Gasteiger partial charge in [0.15, 0.2) is 11.5 Å². The molecular weight excluding hydrogens is 566 g/mol. The minimum absolute atomic E-state index is 0.0247. The Kier molecular flexibility index (Phi) is 9.64. The van der Waals surface area contributed by atoms with Gasteiger partial charge < -0.3 is 59.6 Å². The number of carbonyl (C=O) groups is 1. The molecule has 3 aliphatic rings. The molecule has 0 radical (unpaired) electrons. The molecule has 13 nitrogen and oxygen atoms in total. The molecule has 0 spiro atoms. The zero-order valence-electron chi connectivity index (χ0n) is 23.2. The summed E-state index contributed by atoms with van der Waals surface area (Å²) in [6, 6.07) is 12.2. The Bertz CT molecular complexity index is 1320. The number of ether oxygens (including phenoxy) is 5. The average molecular weight is 602 g/mol. The number of hydrogen-bond acceptors (Lipinski definition) is 12. The predicted molar refractivity (Wildman–Crippen MR) is 149 cm³/mol. The van der Waals surface area contributed by atoms with Crippen molar-refractivity contribution in [2.24, 2.45) is 0 Å². The summed E-state index contributed by atoms with van der Waals surface area (Å²) < 4.78 is 27.3. The fourth-order valence-corrected chi connectivity index (χ4v) is 5.16. The van der Waals surface area contributed by atoms with E-state index >= 15 is 0 Å². The molecule has 0 aromatic heterocycles. The molecule has 43 heavy (non-hydrogen) atoms. The van der Waals surface area contributed by atoms with E-state index in [9.17, 15) is 35.4 Å². The number of rotatable bonds is 9. The number of amides is 1. The summed E-state index contributed by atoms with van der Waals surface area (Å²) in [6.45, 7) is 1.57. The predicted octanol–water partition coefficient (Wildman–Crippen LogP) is -0.421. The van der Waals surface area contributed by atoms with Crippen LogP contribution in [0.4, 0.5) is 0 Å². The summed E-state index contributed by atoms with van der Waals surface area (Å²) in [6.07, 6.45) is -6.11. The minimum atomic E-state index is -1.49. The van der Waals surface area contributed by atoms with E-state index in [4.69, 9.17) is 23.7 Å². The lowest BCUT2D eigenvalue weighted by atomic mass is 9.83. The lowest BCUT2D eigenvalue weighted by Crippen LogP contribution is -2.67. The monoisotopic (exact) mass is 601 g/mol. The molecule has 3 fully saturated rings. The van der Waals surface area contributed by atoms with Gasteiger partial charge in [0, 0.05) is 5.57 Å². The molecule has 2 aromatic carbocycles. The van der Waals surface area contributed by atoms with Crippen molar-refractivity contribution in [1.82, 2.24) is 5.32 Å². The number of aliphatic hydroxyl groups excluding tert-OH is 5. The maximum atomic E-state index is 12.8. The summed E-state index contributed by atoms with van der Waals surface area (Å²) in [5.74, 6) is -0.283. The largest absolute Gasteiger partial charge is 0.504 e. The van der Waals surface area contributed by atoms with Gasteiger partial charge >= 0.3 is 0 Å². The Morgan fingerprint density at radius 3 is 2.40 bits per heavy atom. The lowest BCUT2D eigenvalue weighted by molar-refractivity contribution is -0.155. The van der Waals surface area contributed by atoms with Crippen molar-refractivity contribution < 1.29 is 59.1 Å². The Morgan fingerprint density at radius 2 is 1.67 bits per heavy atom. The lowest BCUT2D eigenvalue weighted by Gasteiger charge is -2.41. The van der Waals surface area contributed by atoms with Crippen molar-refractivity contribution in [2.75, 3.05) is 13.4 Å². The molecule has 2 saturated heterocycles. The van der Waals surface area contributed by atoms with E-state index in [2.05, 4.69) is 5.32 Å². The smallest absolute Gasteiger partial charge is 0.247 e. The molecule has 2 aliphatic heterocycles. The highest BCUT2D eigenvalue weighted by atomic mass is 16.7. The van der Waals surface area contributed by atoms with Gasteiger partial charge in [-0.3, -0.25) is 4.79 Å². The topological polar surface area (TPSA) is 197 Å².